The van der Waals surface area contributed by atoms with Crippen LogP contribution in [0.5, 0.6) is 0 Å². The summed E-state index contributed by atoms with van der Waals surface area (Å²) in [4.78, 5) is 40.3. The predicted octanol–water partition coefficient (Wildman–Crippen LogP) is 24.1. The fourth-order valence-electron chi connectivity index (χ4n) is 11.2. The number of likely N-dealkylation sites (N-methyl/N-ethyl adjacent to an activating group) is 1. The lowest BCUT2D eigenvalue weighted by Crippen LogP contribution is -2.47. The number of carbonyl (C=O) groups is 2. The molecular formula is C79H147N2O7P. The third-order valence-corrected chi connectivity index (χ3v) is 18.1. The van der Waals surface area contributed by atoms with Crippen LogP contribution >= 0.6 is 7.82 Å². The average Bonchev–Trinajstić information content (AvgIpc) is 3.54. The first-order chi connectivity index (χ1) is 43.4. The molecule has 10 heteroatoms. The van der Waals surface area contributed by atoms with Gasteiger partial charge in [0, 0.05) is 12.8 Å². The standard InChI is InChI=1S/C79H147N2O7P/c1-7-10-13-16-19-22-25-28-30-32-34-36-38-40-42-44-46-48-50-53-56-59-62-65-68-71-78(82)80-76(75-87-89(84,85)86-74-73-81(4,5)6)77(70-67-64-61-58-55-52-27-24-21-18-15-12-9-3)88-79(83)72-69-66-63-60-57-54-51-49-47-45-43-41-39-37-35-33-31-29-26-23-20-17-14-11-8-2/h20,23,28-31,35,37,41,43,67,70,76-77H,7-19,21-22,24-27,32-34,36,38-40,42,44-66,68-69,71-75H2,1-6H3,(H-,80,82,84,85)/b23-20-,30-28+,31-29-,37-35-,43-41-,70-67+. The Bertz CT molecular complexity index is 1750. The van der Waals surface area contributed by atoms with Crippen LogP contribution in [0.4, 0.5) is 0 Å². The first-order valence-electron chi connectivity index (χ1n) is 38.2. The monoisotopic (exact) mass is 1270 g/mol. The molecule has 0 saturated carbocycles. The van der Waals surface area contributed by atoms with Gasteiger partial charge in [-0.05, 0) is 102 Å². The molecular weight excluding hydrogens is 1120 g/mol. The smallest absolute Gasteiger partial charge is 0.306 e. The van der Waals surface area contributed by atoms with Gasteiger partial charge in [-0.15, -0.1) is 0 Å². The molecule has 9 nitrogen and oxygen atoms in total. The summed E-state index contributed by atoms with van der Waals surface area (Å²) in [6, 6.07) is -0.894. The van der Waals surface area contributed by atoms with Gasteiger partial charge in [0.25, 0.3) is 7.82 Å². The Morgan fingerprint density at radius 3 is 1.06 bits per heavy atom. The molecule has 3 atom stereocenters. The summed E-state index contributed by atoms with van der Waals surface area (Å²) in [6.07, 6.45) is 90.3. The number of allylic oxidation sites excluding steroid dienone is 11. The maximum absolute atomic E-state index is 13.6. The number of rotatable bonds is 70. The molecule has 89 heavy (non-hydrogen) atoms. The molecule has 0 aromatic heterocycles. The Hall–Kier alpha value is -2.55. The normalized spacial score (nSPS) is 13.8. The van der Waals surface area contributed by atoms with Crippen molar-refractivity contribution in [3.8, 4) is 0 Å². The molecule has 1 amide bonds. The fourth-order valence-corrected chi connectivity index (χ4v) is 11.9. The largest absolute Gasteiger partial charge is 0.756 e. The van der Waals surface area contributed by atoms with Crippen LogP contribution in [0.15, 0.2) is 72.9 Å². The number of nitrogens with one attached hydrogen (secondary N) is 1. The van der Waals surface area contributed by atoms with Crippen LogP contribution in [0.25, 0.3) is 0 Å². The van der Waals surface area contributed by atoms with Crippen molar-refractivity contribution in [1.29, 1.82) is 0 Å². The Morgan fingerprint density at radius 1 is 0.393 bits per heavy atom. The van der Waals surface area contributed by atoms with E-state index >= 15 is 0 Å². The maximum Gasteiger partial charge on any atom is 0.306 e. The van der Waals surface area contributed by atoms with E-state index in [0.717, 1.165) is 89.9 Å². The van der Waals surface area contributed by atoms with Crippen molar-refractivity contribution in [2.45, 2.75) is 380 Å². The molecule has 0 aromatic carbocycles. The molecule has 3 unspecified atom stereocenters. The van der Waals surface area contributed by atoms with Gasteiger partial charge < -0.3 is 28.5 Å². The van der Waals surface area contributed by atoms with E-state index in [1.54, 1.807) is 0 Å². The zero-order chi connectivity index (χ0) is 64.9. The third kappa shape index (κ3) is 69.6. The van der Waals surface area contributed by atoms with Gasteiger partial charge in [-0.1, -0.05) is 325 Å². The molecule has 0 aliphatic rings. The van der Waals surface area contributed by atoms with Crippen molar-refractivity contribution >= 4 is 19.7 Å². The van der Waals surface area contributed by atoms with E-state index < -0.39 is 20.0 Å². The van der Waals surface area contributed by atoms with Crippen molar-refractivity contribution in [2.75, 3.05) is 40.9 Å². The predicted molar refractivity (Wildman–Crippen MR) is 385 cm³/mol. The molecule has 0 saturated heterocycles. The number of ether oxygens (including phenoxy) is 1. The molecule has 0 aromatic rings. The zero-order valence-corrected chi connectivity index (χ0v) is 60.5. The van der Waals surface area contributed by atoms with Crippen molar-refractivity contribution in [1.82, 2.24) is 5.32 Å². The van der Waals surface area contributed by atoms with Crippen LogP contribution in [-0.2, 0) is 27.9 Å². The Kier molecular flexibility index (Phi) is 66.4. The van der Waals surface area contributed by atoms with Gasteiger partial charge in [-0.2, -0.15) is 0 Å². The molecule has 0 aliphatic carbocycles. The summed E-state index contributed by atoms with van der Waals surface area (Å²) in [6.45, 7) is 6.86. The Balaban J connectivity index is 5.03. The van der Waals surface area contributed by atoms with Crippen molar-refractivity contribution in [3.63, 3.8) is 0 Å². The third-order valence-electron chi connectivity index (χ3n) is 17.1. The fraction of sp³-hybridized carbons (Fsp3) is 0.823. The van der Waals surface area contributed by atoms with Gasteiger partial charge in [-0.3, -0.25) is 14.2 Å². The van der Waals surface area contributed by atoms with Gasteiger partial charge in [0.15, 0.2) is 0 Å². The van der Waals surface area contributed by atoms with Crippen LogP contribution in [0.1, 0.15) is 367 Å². The topological polar surface area (TPSA) is 114 Å². The van der Waals surface area contributed by atoms with Crippen molar-refractivity contribution in [2.24, 2.45) is 0 Å². The van der Waals surface area contributed by atoms with E-state index in [1.165, 1.54) is 244 Å². The number of phosphoric acid groups is 1. The minimum atomic E-state index is -4.71. The van der Waals surface area contributed by atoms with E-state index in [4.69, 9.17) is 13.8 Å². The van der Waals surface area contributed by atoms with Gasteiger partial charge in [0.1, 0.15) is 19.3 Å². The Morgan fingerprint density at radius 2 is 0.685 bits per heavy atom. The summed E-state index contributed by atoms with van der Waals surface area (Å²) >= 11 is 0. The number of hydrogen-bond donors (Lipinski definition) is 1. The van der Waals surface area contributed by atoms with Crippen LogP contribution < -0.4 is 10.2 Å². The summed E-state index contributed by atoms with van der Waals surface area (Å²) in [5.41, 5.74) is 0. The summed E-state index contributed by atoms with van der Waals surface area (Å²) < 4.78 is 30.5. The second kappa shape index (κ2) is 68.3. The van der Waals surface area contributed by atoms with Gasteiger partial charge in [-0.25, -0.2) is 0 Å². The molecule has 0 bridgehead atoms. The highest BCUT2D eigenvalue weighted by molar-refractivity contribution is 7.45. The minimum Gasteiger partial charge on any atom is -0.756 e. The molecule has 0 rings (SSSR count). The first-order valence-corrected chi connectivity index (χ1v) is 39.7. The van der Waals surface area contributed by atoms with Gasteiger partial charge >= 0.3 is 5.97 Å². The lowest BCUT2D eigenvalue weighted by atomic mass is 10.0. The molecule has 0 fully saturated rings. The highest BCUT2D eigenvalue weighted by atomic mass is 31.2. The second-order valence-corrected chi connectivity index (χ2v) is 28.6. The van der Waals surface area contributed by atoms with Crippen molar-refractivity contribution in [3.05, 3.63) is 72.9 Å². The number of esters is 1. The highest BCUT2D eigenvalue weighted by Crippen LogP contribution is 2.38. The van der Waals surface area contributed by atoms with Gasteiger partial charge in [0.05, 0.1) is 33.8 Å². The SMILES string of the molecule is CCCCC/C=C\C/C=C\C/C=C\C/C=C\CCCCCCCCCCCC(=O)OC(/C=C/CCCCCCCCCCCCC)C(COP(=O)([O-])OCC[N+](C)(C)C)NC(=O)CCCCCCCCCCCCCCCCC/C=C/CCCCCCCC. The van der Waals surface area contributed by atoms with E-state index in [2.05, 4.69) is 86.8 Å². The summed E-state index contributed by atoms with van der Waals surface area (Å²) in [5, 5.41) is 3.05. The second-order valence-electron chi connectivity index (χ2n) is 27.1. The van der Waals surface area contributed by atoms with E-state index in [0.29, 0.717) is 17.4 Å². The quantitative estimate of drug-likeness (QED) is 0.0212. The molecule has 520 valence electrons. The number of phosphoric ester groups is 1. The minimum absolute atomic E-state index is 0.0238. The summed E-state index contributed by atoms with van der Waals surface area (Å²) in [5.74, 6) is -0.534. The number of hydrogen-bond acceptors (Lipinski definition) is 7. The van der Waals surface area contributed by atoms with Crippen LogP contribution in [0.2, 0.25) is 0 Å². The average molecular weight is 1270 g/mol. The van der Waals surface area contributed by atoms with Crippen LogP contribution in [0, 0.1) is 0 Å². The molecule has 0 aliphatic heterocycles. The van der Waals surface area contributed by atoms with E-state index in [1.807, 2.05) is 33.3 Å². The number of carbonyl (C=O) groups excluding carboxylic acids is 2. The molecule has 0 radical (unpaired) electrons. The highest BCUT2D eigenvalue weighted by Gasteiger charge is 2.27. The maximum atomic E-state index is 13.6. The zero-order valence-electron chi connectivity index (χ0n) is 59.6. The van der Waals surface area contributed by atoms with E-state index in [-0.39, 0.29) is 31.5 Å². The van der Waals surface area contributed by atoms with Crippen molar-refractivity contribution < 1.29 is 37.3 Å². The molecule has 0 spiro atoms. The van der Waals surface area contributed by atoms with Crippen LogP contribution in [0.3, 0.4) is 0 Å². The summed E-state index contributed by atoms with van der Waals surface area (Å²) in [7, 11) is 1.19. The number of amides is 1. The lowest BCUT2D eigenvalue weighted by Gasteiger charge is -2.30. The van der Waals surface area contributed by atoms with E-state index in [9.17, 15) is 19.0 Å². The van der Waals surface area contributed by atoms with Gasteiger partial charge in [0.2, 0.25) is 5.91 Å². The first kappa shape index (κ1) is 86.5. The van der Waals surface area contributed by atoms with Crippen LogP contribution in [-0.4, -0.2) is 69.4 Å². The molecule has 0 heterocycles. The number of nitrogens with zero attached hydrogens (tertiary/aromatic N) is 1. The number of quaternary nitrogens is 1. The molecule has 1 N–H and O–H groups in total. The lowest BCUT2D eigenvalue weighted by molar-refractivity contribution is -0.870. The number of unbranched alkanes of at least 4 members (excludes halogenated alkanes) is 44. The Labute approximate surface area is 553 Å².